The highest BCUT2D eigenvalue weighted by atomic mass is 35.5. The van der Waals surface area contributed by atoms with Crippen molar-refractivity contribution in [3.63, 3.8) is 0 Å². The van der Waals surface area contributed by atoms with Gasteiger partial charge in [-0.1, -0.05) is 29.4 Å². The molecule has 0 spiro atoms. The van der Waals surface area contributed by atoms with Crippen LogP contribution >= 0.6 is 23.4 Å². The number of anilines is 3. The van der Waals surface area contributed by atoms with Gasteiger partial charge >= 0.3 is 0 Å². The van der Waals surface area contributed by atoms with Gasteiger partial charge < -0.3 is 16.8 Å². The Labute approximate surface area is 137 Å². The Balaban J connectivity index is 1.83. The minimum Gasteiger partial charge on any atom is -0.383 e. The quantitative estimate of drug-likeness (QED) is 0.572. The van der Waals surface area contributed by atoms with Gasteiger partial charge in [0.25, 0.3) is 0 Å². The predicted molar refractivity (Wildman–Crippen MR) is 91.0 cm³/mol. The number of benzene rings is 1. The van der Waals surface area contributed by atoms with Crippen LogP contribution in [0.5, 0.6) is 0 Å². The van der Waals surface area contributed by atoms with Crippen LogP contribution in [0.15, 0.2) is 29.4 Å². The zero-order chi connectivity index (χ0) is 16.1. The molecule has 0 radical (unpaired) electrons. The molecular formula is C14H16ClN5OS. The molecule has 6 nitrogen and oxygen atoms in total. The third-order valence-electron chi connectivity index (χ3n) is 2.76. The lowest BCUT2D eigenvalue weighted by atomic mass is 10.2. The van der Waals surface area contributed by atoms with E-state index in [4.69, 9.17) is 23.1 Å². The number of nitrogen functional groups attached to an aromatic ring is 2. The Bertz CT molecular complexity index is 675. The summed E-state index contributed by atoms with van der Waals surface area (Å²) in [6.45, 7) is 1.90. The predicted octanol–water partition coefficient (Wildman–Crippen LogP) is 2.72. The maximum Gasteiger partial charge on any atom is 0.225 e. The summed E-state index contributed by atoms with van der Waals surface area (Å²) < 4.78 is 0. The van der Waals surface area contributed by atoms with E-state index in [1.807, 2.05) is 19.1 Å². The van der Waals surface area contributed by atoms with Crippen molar-refractivity contribution in [2.24, 2.45) is 0 Å². The highest BCUT2D eigenvalue weighted by Crippen LogP contribution is 2.21. The van der Waals surface area contributed by atoms with Crippen LogP contribution in [0.1, 0.15) is 12.0 Å². The van der Waals surface area contributed by atoms with Crippen molar-refractivity contribution in [2.75, 3.05) is 22.5 Å². The second-order valence-corrected chi connectivity index (χ2v) is 6.08. The molecule has 1 heterocycles. The summed E-state index contributed by atoms with van der Waals surface area (Å²) in [5, 5.41) is 3.87. The molecule has 0 unspecified atom stereocenters. The van der Waals surface area contributed by atoms with E-state index in [2.05, 4.69) is 15.3 Å². The monoisotopic (exact) mass is 337 g/mol. The molecule has 8 heteroatoms. The summed E-state index contributed by atoms with van der Waals surface area (Å²) in [6.07, 6.45) is 0.314. The van der Waals surface area contributed by atoms with E-state index in [1.165, 1.54) is 17.8 Å². The first kappa shape index (κ1) is 16.4. The highest BCUT2D eigenvalue weighted by Gasteiger charge is 2.06. The topological polar surface area (TPSA) is 107 Å². The lowest BCUT2D eigenvalue weighted by Crippen LogP contribution is -2.12. The molecular weight excluding hydrogens is 322 g/mol. The fraction of sp³-hybridized carbons (Fsp3) is 0.214. The van der Waals surface area contributed by atoms with Gasteiger partial charge in [-0.15, -0.1) is 0 Å². The highest BCUT2D eigenvalue weighted by molar-refractivity contribution is 7.99. The number of hydrogen-bond donors (Lipinski definition) is 3. The number of aromatic nitrogens is 2. The Morgan fingerprint density at radius 1 is 1.27 bits per heavy atom. The number of rotatable bonds is 5. The van der Waals surface area contributed by atoms with Crippen LogP contribution in [0.25, 0.3) is 0 Å². The van der Waals surface area contributed by atoms with Gasteiger partial charge in [0.1, 0.15) is 11.6 Å². The molecule has 1 amide bonds. The Morgan fingerprint density at radius 2 is 1.95 bits per heavy atom. The van der Waals surface area contributed by atoms with Crippen LogP contribution in [-0.4, -0.2) is 21.6 Å². The van der Waals surface area contributed by atoms with Gasteiger partial charge in [0.15, 0.2) is 5.16 Å². The van der Waals surface area contributed by atoms with Gasteiger partial charge in [0.05, 0.1) is 0 Å². The van der Waals surface area contributed by atoms with Gasteiger partial charge in [0.2, 0.25) is 5.91 Å². The molecule has 0 bridgehead atoms. The lowest BCUT2D eigenvalue weighted by Gasteiger charge is -2.07. The van der Waals surface area contributed by atoms with E-state index < -0.39 is 0 Å². The molecule has 116 valence electrons. The number of halogens is 1. The summed E-state index contributed by atoms with van der Waals surface area (Å²) >= 11 is 7.34. The van der Waals surface area contributed by atoms with Gasteiger partial charge in [0, 0.05) is 29.0 Å². The van der Waals surface area contributed by atoms with Crippen LogP contribution in [0, 0.1) is 6.92 Å². The van der Waals surface area contributed by atoms with Crippen molar-refractivity contribution < 1.29 is 4.79 Å². The van der Waals surface area contributed by atoms with Crippen LogP contribution in [0.4, 0.5) is 17.3 Å². The lowest BCUT2D eigenvalue weighted by molar-refractivity contribution is -0.115. The van der Waals surface area contributed by atoms with E-state index >= 15 is 0 Å². The number of nitrogens with zero attached hydrogens (tertiary/aromatic N) is 2. The van der Waals surface area contributed by atoms with Crippen LogP contribution in [0.2, 0.25) is 5.02 Å². The fourth-order valence-corrected chi connectivity index (χ4v) is 2.65. The average molecular weight is 338 g/mol. The van der Waals surface area contributed by atoms with Crippen LogP contribution in [0.3, 0.4) is 0 Å². The summed E-state index contributed by atoms with van der Waals surface area (Å²) in [5.41, 5.74) is 12.8. The first-order valence-corrected chi connectivity index (χ1v) is 7.89. The summed E-state index contributed by atoms with van der Waals surface area (Å²) in [4.78, 5) is 19.9. The third kappa shape index (κ3) is 4.78. The van der Waals surface area contributed by atoms with Gasteiger partial charge in [-0.2, -0.15) is 0 Å². The number of carbonyl (C=O) groups is 1. The molecule has 0 atom stereocenters. The summed E-state index contributed by atoms with van der Waals surface area (Å²) in [7, 11) is 0. The SMILES string of the molecule is Cc1ccc(NC(=O)CCSc2nc(N)cc(N)n2)cc1Cl. The third-order valence-corrected chi connectivity index (χ3v) is 4.02. The van der Waals surface area contributed by atoms with Gasteiger partial charge in [-0.05, 0) is 24.6 Å². The Hall–Kier alpha value is -1.99. The maximum atomic E-state index is 11.9. The normalized spacial score (nSPS) is 10.5. The number of amides is 1. The molecule has 0 fully saturated rings. The second kappa shape index (κ2) is 7.33. The molecule has 0 aliphatic carbocycles. The molecule has 5 N–H and O–H groups in total. The molecule has 22 heavy (non-hydrogen) atoms. The van der Waals surface area contributed by atoms with E-state index in [0.29, 0.717) is 39.7 Å². The first-order chi connectivity index (χ1) is 10.4. The molecule has 0 saturated heterocycles. The Morgan fingerprint density at radius 3 is 2.59 bits per heavy atom. The van der Waals surface area contributed by atoms with Crippen molar-refractivity contribution >= 4 is 46.6 Å². The molecule has 0 aliphatic heterocycles. The van der Waals surface area contributed by atoms with E-state index in [0.717, 1.165) is 5.56 Å². The molecule has 1 aromatic carbocycles. The zero-order valence-corrected chi connectivity index (χ0v) is 13.5. The first-order valence-electron chi connectivity index (χ1n) is 6.53. The van der Waals surface area contributed by atoms with Crippen molar-refractivity contribution in [2.45, 2.75) is 18.5 Å². The van der Waals surface area contributed by atoms with Crippen molar-refractivity contribution in [3.05, 3.63) is 34.9 Å². The number of nitrogens with two attached hydrogens (primary N) is 2. The number of nitrogens with one attached hydrogen (secondary N) is 1. The minimum absolute atomic E-state index is 0.107. The number of hydrogen-bond acceptors (Lipinski definition) is 6. The fourth-order valence-electron chi connectivity index (χ4n) is 1.66. The van der Waals surface area contributed by atoms with E-state index in [9.17, 15) is 4.79 Å². The maximum absolute atomic E-state index is 11.9. The van der Waals surface area contributed by atoms with Crippen molar-refractivity contribution in [1.82, 2.24) is 9.97 Å². The van der Waals surface area contributed by atoms with Crippen molar-refractivity contribution in [3.8, 4) is 0 Å². The summed E-state index contributed by atoms with van der Waals surface area (Å²) in [6, 6.07) is 6.88. The molecule has 2 rings (SSSR count). The standard InChI is InChI=1S/C14H16ClN5OS/c1-8-2-3-9(6-10(8)15)18-13(21)4-5-22-14-19-11(16)7-12(17)20-14/h2-3,6-7H,4-5H2,1H3,(H,18,21)(H4,16,17,19,20). The largest absolute Gasteiger partial charge is 0.383 e. The van der Waals surface area contributed by atoms with Crippen LogP contribution in [-0.2, 0) is 4.79 Å². The number of carbonyl (C=O) groups excluding carboxylic acids is 1. The number of thioether (sulfide) groups is 1. The zero-order valence-electron chi connectivity index (χ0n) is 12.0. The number of aryl methyl sites for hydroxylation is 1. The minimum atomic E-state index is -0.107. The Kier molecular flexibility index (Phi) is 5.46. The van der Waals surface area contributed by atoms with Crippen LogP contribution < -0.4 is 16.8 Å². The molecule has 0 aliphatic rings. The smallest absolute Gasteiger partial charge is 0.225 e. The van der Waals surface area contributed by atoms with Crippen molar-refractivity contribution in [1.29, 1.82) is 0 Å². The average Bonchev–Trinajstić information content (AvgIpc) is 2.42. The van der Waals surface area contributed by atoms with E-state index in [1.54, 1.807) is 6.07 Å². The molecule has 2 aromatic rings. The van der Waals surface area contributed by atoms with Gasteiger partial charge in [-0.25, -0.2) is 9.97 Å². The van der Waals surface area contributed by atoms with E-state index in [-0.39, 0.29) is 5.91 Å². The second-order valence-electron chi connectivity index (χ2n) is 4.61. The summed E-state index contributed by atoms with van der Waals surface area (Å²) in [5.74, 6) is 1.04. The van der Waals surface area contributed by atoms with Gasteiger partial charge in [-0.3, -0.25) is 4.79 Å². The molecule has 0 saturated carbocycles. The molecule has 1 aromatic heterocycles.